The second-order valence-electron chi connectivity index (χ2n) is 7.12. The van der Waals surface area contributed by atoms with E-state index in [0.717, 1.165) is 16.9 Å². The van der Waals surface area contributed by atoms with E-state index >= 15 is 0 Å². The molecular weight excluding hydrogens is 428 g/mol. The van der Waals surface area contributed by atoms with Gasteiger partial charge < -0.3 is 22.2 Å². The van der Waals surface area contributed by atoms with Gasteiger partial charge in [-0.2, -0.15) is 0 Å². The van der Waals surface area contributed by atoms with E-state index in [1.165, 1.54) is 16.0 Å². The second kappa shape index (κ2) is 10.3. The largest absolute Gasteiger partial charge is 2.00 e. The van der Waals surface area contributed by atoms with Crippen LogP contribution in [0.2, 0.25) is 0 Å². The van der Waals surface area contributed by atoms with Crippen molar-refractivity contribution < 1.29 is 27.0 Å². The van der Waals surface area contributed by atoms with Gasteiger partial charge in [0.05, 0.1) is 13.2 Å². The molecule has 1 N–H and O–H groups in total. The first kappa shape index (κ1) is 23.3. The van der Waals surface area contributed by atoms with E-state index in [4.69, 9.17) is 19.3 Å². The minimum absolute atomic E-state index is 0. The van der Waals surface area contributed by atoms with Crippen LogP contribution in [0.4, 0.5) is 0 Å². The Hall–Kier alpha value is -1.41. The zero-order valence-electron chi connectivity index (χ0n) is 18.8. The Morgan fingerprint density at radius 2 is 1.97 bits per heavy atom. The monoisotopic (exact) mass is 452 g/mol. The van der Waals surface area contributed by atoms with Gasteiger partial charge in [-0.1, -0.05) is 30.3 Å². The Morgan fingerprint density at radius 1 is 1.20 bits per heavy atom. The van der Waals surface area contributed by atoms with Crippen molar-refractivity contribution in [2.75, 3.05) is 19.8 Å². The fourth-order valence-corrected chi connectivity index (χ4v) is 4.24. The van der Waals surface area contributed by atoms with Gasteiger partial charge in [-0.15, -0.1) is 11.3 Å². The number of aliphatic carboxylic acids is 1. The van der Waals surface area contributed by atoms with Crippen LogP contribution < -0.4 is 4.74 Å². The molecule has 1 aliphatic heterocycles. The summed E-state index contributed by atoms with van der Waals surface area (Å²) >= 11 is 1.74. The third-order valence-corrected chi connectivity index (χ3v) is 6.05. The van der Waals surface area contributed by atoms with Crippen LogP contribution in [0.1, 0.15) is 19.5 Å². The van der Waals surface area contributed by atoms with Crippen LogP contribution in [0.15, 0.2) is 60.0 Å². The first-order valence-corrected chi connectivity index (χ1v) is 10.2. The van der Waals surface area contributed by atoms with Gasteiger partial charge in [0.2, 0.25) is 0 Å². The molecule has 0 unspecified atom stereocenters. The van der Waals surface area contributed by atoms with Gasteiger partial charge >= 0.3 is 43.7 Å². The summed E-state index contributed by atoms with van der Waals surface area (Å²) in [6, 6.07) is 18.1. The van der Waals surface area contributed by atoms with Gasteiger partial charge in [0.15, 0.2) is 0 Å². The third-order valence-electron chi connectivity index (χ3n) is 4.98. The maximum atomic E-state index is 10.8. The van der Waals surface area contributed by atoms with Crippen LogP contribution in [0.25, 0.3) is 10.4 Å². The van der Waals surface area contributed by atoms with Gasteiger partial charge in [-0.05, 0) is 58.8 Å². The molecule has 30 heavy (non-hydrogen) atoms. The van der Waals surface area contributed by atoms with E-state index in [0.29, 0.717) is 19.8 Å². The van der Waals surface area contributed by atoms with E-state index in [2.05, 4.69) is 42.6 Å². The molecule has 3 aromatic rings. The Balaban J connectivity index is 0.00000171. The van der Waals surface area contributed by atoms with E-state index < -0.39 is 11.6 Å². The summed E-state index contributed by atoms with van der Waals surface area (Å²) in [6.45, 7) is 2.96. The fraction of sp³-hybridized carbons (Fsp3) is 0.261. The molecule has 0 atom stereocenters. The first-order chi connectivity index (χ1) is 14.1. The van der Waals surface area contributed by atoms with Crippen LogP contribution in [-0.2, 0) is 26.5 Å². The van der Waals surface area contributed by atoms with Crippen molar-refractivity contribution in [3.05, 3.63) is 76.7 Å². The molecule has 0 aliphatic carbocycles. The van der Waals surface area contributed by atoms with Gasteiger partial charge in [-0.3, -0.25) is 0 Å². The van der Waals surface area contributed by atoms with Crippen molar-refractivity contribution in [3.63, 3.8) is 0 Å². The van der Waals surface area contributed by atoms with Crippen molar-refractivity contribution in [3.8, 4) is 16.2 Å². The number of ether oxygens (including phenoxy) is 3. The minimum atomic E-state index is -0.990. The van der Waals surface area contributed by atoms with Crippen LogP contribution in [0.5, 0.6) is 5.75 Å². The van der Waals surface area contributed by atoms with E-state index in [1.54, 1.807) is 11.3 Å². The van der Waals surface area contributed by atoms with Crippen molar-refractivity contribution in [1.82, 2.24) is 0 Å². The summed E-state index contributed by atoms with van der Waals surface area (Å²) in [5.41, 5.74) is 3.81. The maximum Gasteiger partial charge on any atom is 2.00 e. The molecule has 0 radical (unpaired) electrons. The van der Waals surface area contributed by atoms with Crippen LogP contribution in [-0.4, -0.2) is 68.6 Å². The van der Waals surface area contributed by atoms with Crippen LogP contribution in [0, 0.1) is 6.92 Å². The summed E-state index contributed by atoms with van der Waals surface area (Å²) in [7, 11) is 0. The quantitative estimate of drug-likeness (QED) is 0.511. The maximum absolute atomic E-state index is 10.8. The Bertz CT molecular complexity index is 1010. The Morgan fingerprint density at radius 3 is 2.57 bits per heavy atom. The van der Waals surface area contributed by atoms with E-state index in [9.17, 15) is 4.79 Å². The predicted octanol–water partition coefficient (Wildman–Crippen LogP) is 4.47. The number of hydrogen-bond donors (Lipinski definition) is 1. The standard InChI is InChI=1S/C23H22O5S.Ca.2H/c1-16-9-10-29-22(16)18-4-2-3-17(11-18)12-27-20-7-5-19(6-8-20)23(14-26-15-23)28-13-21(24)25;;;/h2-11H,12-15H2,1H3,(H,24,25);;;/q;+2;2*-1. The number of carbonyl (C=O) groups is 1. The molecule has 1 aromatic heterocycles. The smallest absolute Gasteiger partial charge is 1.00 e. The molecule has 7 heteroatoms. The number of thiophene rings is 1. The summed E-state index contributed by atoms with van der Waals surface area (Å²) in [6.07, 6.45) is 0. The van der Waals surface area contributed by atoms with Crippen molar-refractivity contribution >= 4 is 55.0 Å². The Kier molecular flexibility index (Phi) is 7.96. The molecule has 2 heterocycles. The van der Waals surface area contributed by atoms with Crippen molar-refractivity contribution in [2.24, 2.45) is 0 Å². The van der Waals surface area contributed by atoms with E-state index in [-0.39, 0.29) is 47.2 Å². The third kappa shape index (κ3) is 5.25. The average Bonchev–Trinajstić information content (AvgIpc) is 3.12. The van der Waals surface area contributed by atoms with Crippen LogP contribution >= 0.6 is 11.3 Å². The fourth-order valence-electron chi connectivity index (χ4n) is 3.31. The summed E-state index contributed by atoms with van der Waals surface area (Å²) < 4.78 is 16.8. The number of rotatable bonds is 8. The summed E-state index contributed by atoms with van der Waals surface area (Å²) in [4.78, 5) is 12.1. The van der Waals surface area contributed by atoms with E-state index in [1.807, 2.05) is 24.3 Å². The minimum Gasteiger partial charge on any atom is -1.00 e. The molecule has 0 bridgehead atoms. The molecule has 0 saturated carbocycles. The molecule has 0 spiro atoms. The number of benzene rings is 2. The zero-order valence-corrected chi connectivity index (χ0v) is 19.8. The van der Waals surface area contributed by atoms with Crippen molar-refractivity contribution in [1.29, 1.82) is 0 Å². The number of aryl methyl sites for hydroxylation is 1. The van der Waals surface area contributed by atoms with Gasteiger partial charge in [-0.25, -0.2) is 4.79 Å². The molecule has 1 aliphatic rings. The molecule has 154 valence electrons. The van der Waals surface area contributed by atoms with Gasteiger partial charge in [0, 0.05) is 4.88 Å². The number of hydrogen-bond acceptors (Lipinski definition) is 5. The first-order valence-electron chi connectivity index (χ1n) is 9.36. The van der Waals surface area contributed by atoms with Crippen molar-refractivity contribution in [2.45, 2.75) is 19.1 Å². The van der Waals surface area contributed by atoms with Crippen LogP contribution in [0.3, 0.4) is 0 Å². The zero-order chi connectivity index (χ0) is 20.3. The molecule has 1 saturated heterocycles. The van der Waals surface area contributed by atoms with Gasteiger partial charge in [0.1, 0.15) is 24.6 Å². The number of carboxylic acid groups (broad SMARTS) is 1. The normalized spacial score (nSPS) is 14.4. The average molecular weight is 453 g/mol. The molecule has 0 amide bonds. The predicted molar refractivity (Wildman–Crippen MR) is 119 cm³/mol. The molecule has 1 fully saturated rings. The van der Waals surface area contributed by atoms with Gasteiger partial charge in [0.25, 0.3) is 0 Å². The molecule has 2 aromatic carbocycles. The topological polar surface area (TPSA) is 65.0 Å². The summed E-state index contributed by atoms with van der Waals surface area (Å²) in [5.74, 6) is -0.240. The molecular formula is C23H24CaO5S. The molecule has 5 nitrogen and oxygen atoms in total. The number of carboxylic acids is 1. The second-order valence-corrected chi connectivity index (χ2v) is 8.03. The Labute approximate surface area is 212 Å². The summed E-state index contributed by atoms with van der Waals surface area (Å²) in [5, 5.41) is 11.0. The SMILES string of the molecule is Cc1ccsc1-c1cccc(COc2ccc(C3(OCC(=O)O)COC3)cc2)c1.[Ca+2].[H-].[H-]. The molecule has 4 rings (SSSR count).